The summed E-state index contributed by atoms with van der Waals surface area (Å²) in [6.07, 6.45) is 6.82. The van der Waals surface area contributed by atoms with Gasteiger partial charge in [0.15, 0.2) is 0 Å². The smallest absolute Gasteiger partial charge is 0.307 e. The molecule has 0 aromatic carbocycles. The second-order valence-corrected chi connectivity index (χ2v) is 4.01. The van der Waals surface area contributed by atoms with Crippen LogP contribution in [-0.4, -0.2) is 34.1 Å². The molecule has 1 saturated heterocycles. The zero-order valence-electron chi connectivity index (χ0n) is 9.09. The molecular weight excluding hydrogens is 206 g/mol. The average Bonchev–Trinajstić information content (AvgIpc) is 2.30. The lowest BCUT2D eigenvalue weighted by atomic mass is 10.1. The van der Waals surface area contributed by atoms with Crippen LogP contribution >= 0.6 is 0 Å². The molecule has 0 radical (unpaired) electrons. The van der Waals surface area contributed by atoms with Crippen LogP contribution in [0.5, 0.6) is 0 Å². The summed E-state index contributed by atoms with van der Waals surface area (Å²) in [5, 5.41) is 8.62. The highest BCUT2D eigenvalue weighted by atomic mass is 16.4. The van der Waals surface area contributed by atoms with Crippen LogP contribution < -0.4 is 4.90 Å². The molecule has 1 aliphatic heterocycles. The van der Waals surface area contributed by atoms with Gasteiger partial charge in [-0.05, 0) is 19.3 Å². The maximum atomic E-state index is 10.5. The molecular formula is C11H15N3O2. The van der Waals surface area contributed by atoms with Crippen molar-refractivity contribution in [3.8, 4) is 0 Å². The molecule has 16 heavy (non-hydrogen) atoms. The summed E-state index contributed by atoms with van der Waals surface area (Å²) >= 11 is 0. The average molecular weight is 221 g/mol. The number of hydrogen-bond donors (Lipinski definition) is 1. The molecule has 5 nitrogen and oxygen atoms in total. The first kappa shape index (κ1) is 10.9. The van der Waals surface area contributed by atoms with Gasteiger partial charge in [-0.25, -0.2) is 9.97 Å². The Morgan fingerprint density at radius 2 is 1.88 bits per heavy atom. The Morgan fingerprint density at radius 1 is 1.25 bits per heavy atom. The first-order valence-corrected chi connectivity index (χ1v) is 5.53. The summed E-state index contributed by atoms with van der Waals surface area (Å²) in [6, 6.07) is 0. The van der Waals surface area contributed by atoms with Gasteiger partial charge in [-0.15, -0.1) is 0 Å². The van der Waals surface area contributed by atoms with Gasteiger partial charge in [0, 0.05) is 31.0 Å². The van der Waals surface area contributed by atoms with Crippen molar-refractivity contribution in [1.29, 1.82) is 0 Å². The summed E-state index contributed by atoms with van der Waals surface area (Å²) in [7, 11) is 0. The summed E-state index contributed by atoms with van der Waals surface area (Å²) in [5.74, 6) is -0.136. The van der Waals surface area contributed by atoms with E-state index in [1.54, 1.807) is 12.4 Å². The van der Waals surface area contributed by atoms with Crippen LogP contribution in [-0.2, 0) is 11.2 Å². The molecule has 2 rings (SSSR count). The largest absolute Gasteiger partial charge is 0.481 e. The molecule has 1 aliphatic rings. The van der Waals surface area contributed by atoms with Crippen LogP contribution in [0.2, 0.25) is 0 Å². The van der Waals surface area contributed by atoms with Gasteiger partial charge in [0.25, 0.3) is 0 Å². The summed E-state index contributed by atoms with van der Waals surface area (Å²) in [6.45, 7) is 2.00. The van der Waals surface area contributed by atoms with Crippen molar-refractivity contribution in [3.63, 3.8) is 0 Å². The number of anilines is 1. The van der Waals surface area contributed by atoms with E-state index in [4.69, 9.17) is 5.11 Å². The van der Waals surface area contributed by atoms with Gasteiger partial charge in [0.2, 0.25) is 5.95 Å². The zero-order valence-corrected chi connectivity index (χ0v) is 9.09. The predicted molar refractivity (Wildman–Crippen MR) is 59.4 cm³/mol. The lowest BCUT2D eigenvalue weighted by molar-refractivity contribution is -0.136. The van der Waals surface area contributed by atoms with Gasteiger partial charge in [-0.2, -0.15) is 0 Å². The molecule has 0 unspecified atom stereocenters. The third-order valence-corrected chi connectivity index (χ3v) is 2.69. The Kier molecular flexibility index (Phi) is 3.34. The number of piperidine rings is 1. The standard InChI is InChI=1S/C11H15N3O2/c15-10(16)6-9-7-12-11(13-8-9)14-4-2-1-3-5-14/h7-8H,1-6H2,(H,15,16). The zero-order chi connectivity index (χ0) is 11.4. The molecule has 0 amide bonds. The van der Waals surface area contributed by atoms with E-state index in [-0.39, 0.29) is 6.42 Å². The Labute approximate surface area is 94.1 Å². The second kappa shape index (κ2) is 4.92. The van der Waals surface area contributed by atoms with E-state index in [1.165, 1.54) is 19.3 Å². The molecule has 5 heteroatoms. The highest BCUT2D eigenvalue weighted by molar-refractivity contribution is 5.69. The molecule has 0 aliphatic carbocycles. The monoisotopic (exact) mass is 221 g/mol. The summed E-state index contributed by atoms with van der Waals surface area (Å²) in [4.78, 5) is 21.1. The van der Waals surface area contributed by atoms with Gasteiger partial charge in [-0.3, -0.25) is 4.79 Å². The summed E-state index contributed by atoms with van der Waals surface area (Å²) < 4.78 is 0. The van der Waals surface area contributed by atoms with E-state index in [2.05, 4.69) is 14.9 Å². The third-order valence-electron chi connectivity index (χ3n) is 2.69. The number of carboxylic acid groups (broad SMARTS) is 1. The van der Waals surface area contributed by atoms with Gasteiger partial charge in [0.05, 0.1) is 6.42 Å². The number of hydrogen-bond acceptors (Lipinski definition) is 4. The van der Waals surface area contributed by atoms with Gasteiger partial charge < -0.3 is 10.0 Å². The minimum Gasteiger partial charge on any atom is -0.481 e. The number of rotatable bonds is 3. The van der Waals surface area contributed by atoms with E-state index in [0.717, 1.165) is 13.1 Å². The van der Waals surface area contributed by atoms with Crippen molar-refractivity contribution in [2.75, 3.05) is 18.0 Å². The van der Waals surface area contributed by atoms with Crippen molar-refractivity contribution >= 4 is 11.9 Å². The number of carboxylic acids is 1. The molecule has 1 aromatic heterocycles. The van der Waals surface area contributed by atoms with E-state index >= 15 is 0 Å². The molecule has 1 N–H and O–H groups in total. The minimum atomic E-state index is -0.852. The molecule has 86 valence electrons. The van der Waals surface area contributed by atoms with E-state index in [0.29, 0.717) is 11.5 Å². The van der Waals surface area contributed by atoms with Gasteiger partial charge in [0.1, 0.15) is 0 Å². The first-order valence-electron chi connectivity index (χ1n) is 5.53. The van der Waals surface area contributed by atoms with Gasteiger partial charge >= 0.3 is 5.97 Å². The predicted octanol–water partition coefficient (Wildman–Crippen LogP) is 1.09. The van der Waals surface area contributed by atoms with Crippen molar-refractivity contribution < 1.29 is 9.90 Å². The fourth-order valence-electron chi connectivity index (χ4n) is 1.87. The van der Waals surface area contributed by atoms with E-state index in [9.17, 15) is 4.79 Å². The highest BCUT2D eigenvalue weighted by Crippen LogP contribution is 2.14. The Balaban J connectivity index is 2.03. The lowest BCUT2D eigenvalue weighted by Crippen LogP contribution is -2.30. The maximum absolute atomic E-state index is 10.5. The second-order valence-electron chi connectivity index (χ2n) is 4.01. The Bertz CT molecular complexity index is 358. The minimum absolute atomic E-state index is 0.0136. The summed E-state index contributed by atoms with van der Waals surface area (Å²) in [5.41, 5.74) is 0.647. The van der Waals surface area contributed by atoms with Gasteiger partial charge in [-0.1, -0.05) is 0 Å². The molecule has 2 heterocycles. The fraction of sp³-hybridized carbons (Fsp3) is 0.545. The normalized spacial score (nSPS) is 16.1. The molecule has 0 bridgehead atoms. The van der Waals surface area contributed by atoms with Crippen LogP contribution in [0.3, 0.4) is 0 Å². The van der Waals surface area contributed by atoms with Crippen molar-refractivity contribution in [2.24, 2.45) is 0 Å². The molecule has 0 saturated carbocycles. The van der Waals surface area contributed by atoms with E-state index in [1.807, 2.05) is 0 Å². The van der Waals surface area contributed by atoms with E-state index < -0.39 is 5.97 Å². The number of aromatic nitrogens is 2. The topological polar surface area (TPSA) is 66.3 Å². The van der Waals surface area contributed by atoms with Crippen molar-refractivity contribution in [1.82, 2.24) is 9.97 Å². The Hall–Kier alpha value is -1.65. The fourth-order valence-corrected chi connectivity index (χ4v) is 1.87. The number of carbonyl (C=O) groups is 1. The van der Waals surface area contributed by atoms with Crippen LogP contribution in [0, 0.1) is 0 Å². The molecule has 0 spiro atoms. The van der Waals surface area contributed by atoms with Crippen LogP contribution in [0.4, 0.5) is 5.95 Å². The third kappa shape index (κ3) is 2.68. The lowest BCUT2D eigenvalue weighted by Gasteiger charge is -2.26. The van der Waals surface area contributed by atoms with Crippen LogP contribution in [0.25, 0.3) is 0 Å². The van der Waals surface area contributed by atoms with Crippen molar-refractivity contribution in [2.45, 2.75) is 25.7 Å². The maximum Gasteiger partial charge on any atom is 0.307 e. The Morgan fingerprint density at radius 3 is 2.44 bits per heavy atom. The SMILES string of the molecule is O=C(O)Cc1cnc(N2CCCCC2)nc1. The number of aliphatic carboxylic acids is 1. The van der Waals surface area contributed by atoms with Crippen LogP contribution in [0.1, 0.15) is 24.8 Å². The number of nitrogens with zero attached hydrogens (tertiary/aromatic N) is 3. The van der Waals surface area contributed by atoms with Crippen LogP contribution in [0.15, 0.2) is 12.4 Å². The molecule has 1 aromatic rings. The molecule has 0 atom stereocenters. The quantitative estimate of drug-likeness (QED) is 0.827. The first-order chi connectivity index (χ1) is 7.75. The highest BCUT2D eigenvalue weighted by Gasteiger charge is 2.13. The molecule has 1 fully saturated rings. The van der Waals surface area contributed by atoms with Crippen molar-refractivity contribution in [3.05, 3.63) is 18.0 Å².